The van der Waals surface area contributed by atoms with Crippen molar-refractivity contribution in [1.82, 2.24) is 9.78 Å². The van der Waals surface area contributed by atoms with E-state index < -0.39 is 22.9 Å². The molecule has 2 aromatic rings. The number of halogens is 2. The molecule has 0 aliphatic carbocycles. The largest absolute Gasteiger partial charge is 0.461 e. The topological polar surface area (TPSA) is 61.2 Å². The van der Waals surface area contributed by atoms with Crippen LogP contribution >= 0.6 is 11.6 Å². The molecule has 0 radical (unpaired) electrons. The molecule has 2 rings (SSSR count). The SMILES string of the molecule is CCOC(=O)c1nn(-c2cccc(Cl)c2F)ccc1=O. The van der Waals surface area contributed by atoms with Crippen LogP contribution in [0.5, 0.6) is 0 Å². The second-order valence-electron chi connectivity index (χ2n) is 3.77. The Bertz CT molecular complexity index is 715. The zero-order chi connectivity index (χ0) is 14.7. The third-order valence-corrected chi connectivity index (χ3v) is 2.75. The van der Waals surface area contributed by atoms with Gasteiger partial charge in [0.15, 0.2) is 5.82 Å². The van der Waals surface area contributed by atoms with Gasteiger partial charge in [-0.1, -0.05) is 17.7 Å². The van der Waals surface area contributed by atoms with Gasteiger partial charge in [0.2, 0.25) is 11.1 Å². The van der Waals surface area contributed by atoms with E-state index in [9.17, 15) is 14.0 Å². The first-order valence-corrected chi connectivity index (χ1v) is 6.14. The highest BCUT2D eigenvalue weighted by molar-refractivity contribution is 6.30. The number of aromatic nitrogens is 2. The molecule has 0 aliphatic rings. The van der Waals surface area contributed by atoms with E-state index in [0.29, 0.717) is 0 Å². The maximum absolute atomic E-state index is 13.9. The number of hydrogen-bond acceptors (Lipinski definition) is 4. The zero-order valence-corrected chi connectivity index (χ0v) is 11.2. The van der Waals surface area contributed by atoms with Gasteiger partial charge in [-0.3, -0.25) is 4.79 Å². The van der Waals surface area contributed by atoms with Gasteiger partial charge >= 0.3 is 5.97 Å². The average molecular weight is 297 g/mol. The van der Waals surface area contributed by atoms with E-state index in [1.165, 1.54) is 24.4 Å². The number of benzene rings is 1. The maximum atomic E-state index is 13.9. The van der Waals surface area contributed by atoms with Crippen LogP contribution in [-0.4, -0.2) is 22.4 Å². The summed E-state index contributed by atoms with van der Waals surface area (Å²) in [5.74, 6) is -1.55. The van der Waals surface area contributed by atoms with Gasteiger partial charge in [0.05, 0.1) is 11.6 Å². The molecule has 5 nitrogen and oxygen atoms in total. The van der Waals surface area contributed by atoms with Crippen LogP contribution in [0.15, 0.2) is 35.3 Å². The van der Waals surface area contributed by atoms with Gasteiger partial charge in [0.25, 0.3) is 0 Å². The fraction of sp³-hybridized carbons (Fsp3) is 0.154. The number of esters is 1. The molecule has 20 heavy (non-hydrogen) atoms. The Labute approximate surface area is 118 Å². The van der Waals surface area contributed by atoms with Crippen LogP contribution in [0.2, 0.25) is 5.02 Å². The first-order valence-electron chi connectivity index (χ1n) is 5.76. The highest BCUT2D eigenvalue weighted by atomic mass is 35.5. The maximum Gasteiger partial charge on any atom is 0.362 e. The van der Waals surface area contributed by atoms with Gasteiger partial charge in [-0.25, -0.2) is 13.9 Å². The van der Waals surface area contributed by atoms with Crippen LogP contribution in [0.3, 0.4) is 0 Å². The second kappa shape index (κ2) is 5.83. The van der Waals surface area contributed by atoms with Crippen molar-refractivity contribution >= 4 is 17.6 Å². The summed E-state index contributed by atoms with van der Waals surface area (Å²) in [7, 11) is 0. The number of nitrogens with zero attached hydrogens (tertiary/aromatic N) is 2. The lowest BCUT2D eigenvalue weighted by atomic mass is 10.3. The Hall–Kier alpha value is -2.21. The van der Waals surface area contributed by atoms with Crippen LogP contribution in [0, 0.1) is 5.82 Å². The third-order valence-electron chi connectivity index (χ3n) is 2.46. The molecule has 0 saturated heterocycles. The molecule has 0 bridgehead atoms. The Balaban J connectivity index is 2.54. The van der Waals surface area contributed by atoms with Gasteiger partial charge < -0.3 is 4.74 Å². The molecule has 0 atom stereocenters. The summed E-state index contributed by atoms with van der Waals surface area (Å²) < 4.78 is 19.7. The van der Waals surface area contributed by atoms with Crippen molar-refractivity contribution in [1.29, 1.82) is 0 Å². The lowest BCUT2D eigenvalue weighted by Gasteiger charge is -2.08. The summed E-state index contributed by atoms with van der Waals surface area (Å²) in [6.45, 7) is 1.72. The van der Waals surface area contributed by atoms with Crippen molar-refractivity contribution in [3.05, 3.63) is 57.2 Å². The van der Waals surface area contributed by atoms with Crippen molar-refractivity contribution in [3.8, 4) is 5.69 Å². The number of ether oxygens (including phenoxy) is 1. The molecule has 104 valence electrons. The van der Waals surface area contributed by atoms with Crippen LogP contribution in [0.25, 0.3) is 5.69 Å². The van der Waals surface area contributed by atoms with Crippen LogP contribution in [0.1, 0.15) is 17.4 Å². The average Bonchev–Trinajstić information content (AvgIpc) is 2.43. The van der Waals surface area contributed by atoms with Gasteiger partial charge in [-0.05, 0) is 19.1 Å². The molecular formula is C13H10ClFN2O3. The monoisotopic (exact) mass is 296 g/mol. The molecule has 7 heteroatoms. The normalized spacial score (nSPS) is 10.3. The molecular weight excluding hydrogens is 287 g/mol. The minimum Gasteiger partial charge on any atom is -0.461 e. The molecule has 1 aromatic carbocycles. The lowest BCUT2D eigenvalue weighted by molar-refractivity contribution is 0.0515. The predicted octanol–water partition coefficient (Wildman–Crippen LogP) is 2.20. The summed E-state index contributed by atoms with van der Waals surface area (Å²) in [5.41, 5.74) is -0.973. The van der Waals surface area contributed by atoms with Crippen molar-refractivity contribution in [2.45, 2.75) is 6.92 Å². The van der Waals surface area contributed by atoms with E-state index >= 15 is 0 Å². The van der Waals surface area contributed by atoms with Crippen molar-refractivity contribution < 1.29 is 13.9 Å². The van der Waals surface area contributed by atoms with E-state index in [4.69, 9.17) is 16.3 Å². The highest BCUT2D eigenvalue weighted by Crippen LogP contribution is 2.20. The minimum absolute atomic E-state index is 0.0306. The summed E-state index contributed by atoms with van der Waals surface area (Å²) in [5, 5.41) is 3.71. The minimum atomic E-state index is -0.853. The van der Waals surface area contributed by atoms with Gasteiger partial charge in [-0.15, -0.1) is 0 Å². The third kappa shape index (κ3) is 2.70. The summed E-state index contributed by atoms with van der Waals surface area (Å²) in [6.07, 6.45) is 1.25. The van der Waals surface area contributed by atoms with Crippen molar-refractivity contribution in [2.75, 3.05) is 6.61 Å². The molecule has 0 aliphatic heterocycles. The summed E-state index contributed by atoms with van der Waals surface area (Å²) in [4.78, 5) is 23.2. The molecule has 0 spiro atoms. The van der Waals surface area contributed by atoms with Gasteiger partial charge in [-0.2, -0.15) is 5.10 Å². The van der Waals surface area contributed by atoms with E-state index in [-0.39, 0.29) is 17.3 Å². The number of carbonyl (C=O) groups excluding carboxylic acids is 1. The summed E-state index contributed by atoms with van der Waals surface area (Å²) in [6, 6.07) is 5.45. The second-order valence-corrected chi connectivity index (χ2v) is 4.17. The Kier molecular flexibility index (Phi) is 4.14. The van der Waals surface area contributed by atoms with E-state index in [1.807, 2.05) is 0 Å². The molecule has 0 saturated carbocycles. The standard InChI is InChI=1S/C13H10ClFN2O3/c1-2-20-13(19)12-10(18)6-7-17(16-12)9-5-3-4-8(14)11(9)15/h3-7H,2H2,1H3. The van der Waals surface area contributed by atoms with Crippen molar-refractivity contribution in [3.63, 3.8) is 0 Å². The first kappa shape index (κ1) is 14.2. The number of hydrogen-bond donors (Lipinski definition) is 0. The van der Waals surface area contributed by atoms with Crippen LogP contribution in [-0.2, 0) is 4.74 Å². The zero-order valence-electron chi connectivity index (χ0n) is 10.5. The van der Waals surface area contributed by atoms with E-state index in [0.717, 1.165) is 10.7 Å². The fourth-order valence-corrected chi connectivity index (χ4v) is 1.72. The smallest absolute Gasteiger partial charge is 0.362 e. The van der Waals surface area contributed by atoms with Crippen LogP contribution < -0.4 is 5.43 Å². The molecule has 0 fully saturated rings. The first-order chi connectivity index (χ1) is 9.54. The van der Waals surface area contributed by atoms with Gasteiger partial charge in [0.1, 0.15) is 5.69 Å². The molecule has 0 amide bonds. The van der Waals surface area contributed by atoms with Crippen molar-refractivity contribution in [2.24, 2.45) is 0 Å². The Morgan fingerprint density at radius 1 is 1.45 bits per heavy atom. The molecule has 1 heterocycles. The lowest BCUT2D eigenvalue weighted by Crippen LogP contribution is -2.22. The molecule has 0 N–H and O–H groups in total. The van der Waals surface area contributed by atoms with E-state index in [1.54, 1.807) is 6.92 Å². The fourth-order valence-electron chi connectivity index (χ4n) is 1.55. The predicted molar refractivity (Wildman–Crippen MR) is 70.8 cm³/mol. The summed E-state index contributed by atoms with van der Waals surface area (Å²) >= 11 is 5.68. The number of rotatable bonds is 3. The quantitative estimate of drug-likeness (QED) is 0.815. The molecule has 0 unspecified atom stereocenters. The molecule has 1 aromatic heterocycles. The van der Waals surface area contributed by atoms with Gasteiger partial charge in [0, 0.05) is 12.3 Å². The Morgan fingerprint density at radius 3 is 2.90 bits per heavy atom. The van der Waals surface area contributed by atoms with E-state index in [2.05, 4.69) is 5.10 Å². The Morgan fingerprint density at radius 2 is 2.20 bits per heavy atom. The number of carbonyl (C=O) groups is 1. The van der Waals surface area contributed by atoms with Crippen LogP contribution in [0.4, 0.5) is 4.39 Å². The highest BCUT2D eigenvalue weighted by Gasteiger charge is 2.16.